The molecule has 3 atom stereocenters. The van der Waals surface area contributed by atoms with E-state index in [9.17, 15) is 0 Å². The van der Waals surface area contributed by atoms with Crippen molar-refractivity contribution in [3.63, 3.8) is 0 Å². The average molecular weight is 178 g/mol. The van der Waals surface area contributed by atoms with Gasteiger partial charge in [0.15, 0.2) is 0 Å². The van der Waals surface area contributed by atoms with Crippen molar-refractivity contribution in [3.8, 4) is 0 Å². The number of rotatable bonds is 0. The molecule has 0 aromatic rings. The summed E-state index contributed by atoms with van der Waals surface area (Å²) in [5, 5.41) is 0. The number of fused-ring (bicyclic) bond motifs is 2. The third kappa shape index (κ3) is 1.35. The Balaban J connectivity index is 2.24. The van der Waals surface area contributed by atoms with E-state index < -0.39 is 0 Å². The van der Waals surface area contributed by atoms with E-state index in [1.54, 1.807) is 5.57 Å². The highest BCUT2D eigenvalue weighted by Crippen LogP contribution is 2.54. The summed E-state index contributed by atoms with van der Waals surface area (Å²) in [4.78, 5) is 0. The van der Waals surface area contributed by atoms with E-state index in [1.165, 1.54) is 25.7 Å². The van der Waals surface area contributed by atoms with Gasteiger partial charge in [-0.1, -0.05) is 32.9 Å². The molecule has 2 bridgehead atoms. The Kier molecular flexibility index (Phi) is 2.05. The van der Waals surface area contributed by atoms with Gasteiger partial charge in [-0.15, -0.1) is 0 Å². The molecule has 0 N–H and O–H groups in total. The van der Waals surface area contributed by atoms with Crippen molar-refractivity contribution in [1.82, 2.24) is 0 Å². The molecule has 0 aromatic carbocycles. The minimum absolute atomic E-state index is 0.535. The van der Waals surface area contributed by atoms with Gasteiger partial charge in [0, 0.05) is 0 Å². The third-order valence-corrected chi connectivity index (χ3v) is 4.56. The highest BCUT2D eigenvalue weighted by molar-refractivity contribution is 5.17. The Labute approximate surface area is 82.4 Å². The van der Waals surface area contributed by atoms with E-state index in [0.29, 0.717) is 5.41 Å². The van der Waals surface area contributed by atoms with Gasteiger partial charge in [0.25, 0.3) is 0 Å². The van der Waals surface area contributed by atoms with Crippen molar-refractivity contribution in [3.05, 3.63) is 12.2 Å². The third-order valence-electron chi connectivity index (χ3n) is 4.56. The summed E-state index contributed by atoms with van der Waals surface area (Å²) in [5.41, 5.74) is 2.11. The largest absolute Gasteiger partial charge is 0.0993 e. The zero-order chi connectivity index (χ0) is 9.64. The summed E-state index contributed by atoms with van der Waals surface area (Å²) >= 11 is 0. The Bertz CT molecular complexity index is 224. The maximum atomic E-state index is 4.34. The summed E-state index contributed by atoms with van der Waals surface area (Å²) in [5.74, 6) is 2.58. The molecule has 0 aromatic heterocycles. The first kappa shape index (κ1) is 9.30. The SMILES string of the molecule is C=C1C2CCC(C)(C)C1CCC2C. The standard InChI is InChI=1S/C13H22/c1-9-5-6-12-10(2)11(9)7-8-13(12,3)4/h9,11-12H,2,5-8H2,1,3-4H3. The predicted molar refractivity (Wildman–Crippen MR) is 57.5 cm³/mol. The molecular formula is C13H22. The molecule has 0 heteroatoms. The lowest BCUT2D eigenvalue weighted by molar-refractivity contribution is 0.0885. The molecule has 0 radical (unpaired) electrons. The molecule has 0 aliphatic heterocycles. The normalized spacial score (nSPS) is 43.3. The lowest BCUT2D eigenvalue weighted by atomic mass is 9.55. The van der Waals surface area contributed by atoms with Crippen molar-refractivity contribution in [2.75, 3.05) is 0 Å². The van der Waals surface area contributed by atoms with Crippen LogP contribution in [0.3, 0.4) is 0 Å². The zero-order valence-corrected chi connectivity index (χ0v) is 9.27. The van der Waals surface area contributed by atoms with Crippen LogP contribution in [0.5, 0.6) is 0 Å². The van der Waals surface area contributed by atoms with Crippen LogP contribution < -0.4 is 0 Å². The van der Waals surface area contributed by atoms with Gasteiger partial charge < -0.3 is 0 Å². The minimum atomic E-state index is 0.535. The van der Waals surface area contributed by atoms with E-state index >= 15 is 0 Å². The van der Waals surface area contributed by atoms with Crippen LogP contribution >= 0.6 is 0 Å². The molecule has 3 unspecified atom stereocenters. The molecule has 74 valence electrons. The van der Waals surface area contributed by atoms with Crippen LogP contribution in [-0.2, 0) is 0 Å². The van der Waals surface area contributed by atoms with Crippen molar-refractivity contribution in [1.29, 1.82) is 0 Å². The Morgan fingerprint density at radius 3 is 2.62 bits per heavy atom. The van der Waals surface area contributed by atoms with E-state index in [-0.39, 0.29) is 0 Å². The lowest BCUT2D eigenvalue weighted by Gasteiger charge is -2.50. The van der Waals surface area contributed by atoms with E-state index in [0.717, 1.165) is 17.8 Å². The smallest absolute Gasteiger partial charge is 0.0152 e. The second kappa shape index (κ2) is 2.87. The van der Waals surface area contributed by atoms with Gasteiger partial charge in [-0.3, -0.25) is 0 Å². The summed E-state index contributed by atoms with van der Waals surface area (Å²) in [6.45, 7) is 11.6. The maximum absolute atomic E-state index is 4.34. The van der Waals surface area contributed by atoms with Crippen LogP contribution in [0, 0.1) is 23.2 Å². The monoisotopic (exact) mass is 178 g/mol. The molecule has 0 amide bonds. The fraction of sp³-hybridized carbons (Fsp3) is 0.846. The first-order valence-electron chi connectivity index (χ1n) is 5.71. The van der Waals surface area contributed by atoms with Crippen molar-refractivity contribution in [2.45, 2.75) is 46.5 Å². The van der Waals surface area contributed by atoms with Crippen LogP contribution in [0.25, 0.3) is 0 Å². The van der Waals surface area contributed by atoms with Crippen LogP contribution in [0.4, 0.5) is 0 Å². The van der Waals surface area contributed by atoms with E-state index in [2.05, 4.69) is 27.4 Å². The minimum Gasteiger partial charge on any atom is -0.0993 e. The summed E-state index contributed by atoms with van der Waals surface area (Å²) in [7, 11) is 0. The van der Waals surface area contributed by atoms with Gasteiger partial charge in [-0.05, 0) is 48.9 Å². The summed E-state index contributed by atoms with van der Waals surface area (Å²) in [6.07, 6.45) is 5.62. The number of allylic oxidation sites excluding steroid dienone is 1. The van der Waals surface area contributed by atoms with Crippen molar-refractivity contribution >= 4 is 0 Å². The van der Waals surface area contributed by atoms with Crippen molar-refractivity contribution in [2.24, 2.45) is 23.2 Å². The summed E-state index contributed by atoms with van der Waals surface area (Å²) in [6, 6.07) is 0. The molecule has 2 aliphatic carbocycles. The lowest BCUT2D eigenvalue weighted by Crippen LogP contribution is -2.39. The Morgan fingerprint density at radius 1 is 1.23 bits per heavy atom. The second-order valence-electron chi connectivity index (χ2n) is 5.82. The molecule has 2 aliphatic rings. The zero-order valence-electron chi connectivity index (χ0n) is 9.27. The molecule has 0 saturated heterocycles. The second-order valence-corrected chi connectivity index (χ2v) is 5.82. The van der Waals surface area contributed by atoms with Gasteiger partial charge >= 0.3 is 0 Å². The molecular weight excluding hydrogens is 156 g/mol. The van der Waals surface area contributed by atoms with Gasteiger partial charge in [0.2, 0.25) is 0 Å². The summed E-state index contributed by atoms with van der Waals surface area (Å²) < 4.78 is 0. The topological polar surface area (TPSA) is 0 Å². The van der Waals surface area contributed by atoms with Crippen LogP contribution in [0.2, 0.25) is 0 Å². The van der Waals surface area contributed by atoms with E-state index in [1.807, 2.05) is 0 Å². The number of hydrogen-bond donors (Lipinski definition) is 0. The van der Waals surface area contributed by atoms with E-state index in [4.69, 9.17) is 0 Å². The first-order chi connectivity index (χ1) is 6.02. The molecule has 2 fully saturated rings. The van der Waals surface area contributed by atoms with Crippen LogP contribution in [-0.4, -0.2) is 0 Å². The Hall–Kier alpha value is -0.260. The number of hydrogen-bond acceptors (Lipinski definition) is 0. The fourth-order valence-corrected chi connectivity index (χ4v) is 3.50. The van der Waals surface area contributed by atoms with Crippen LogP contribution in [0.1, 0.15) is 46.5 Å². The molecule has 0 heterocycles. The van der Waals surface area contributed by atoms with Gasteiger partial charge in [-0.2, -0.15) is 0 Å². The predicted octanol–water partition coefficient (Wildman–Crippen LogP) is 4.02. The maximum Gasteiger partial charge on any atom is -0.0152 e. The molecule has 0 spiro atoms. The molecule has 2 saturated carbocycles. The highest BCUT2D eigenvalue weighted by atomic mass is 14.5. The fourth-order valence-electron chi connectivity index (χ4n) is 3.50. The van der Waals surface area contributed by atoms with Gasteiger partial charge in [0.05, 0.1) is 0 Å². The van der Waals surface area contributed by atoms with Crippen LogP contribution in [0.15, 0.2) is 12.2 Å². The molecule has 0 nitrogen and oxygen atoms in total. The van der Waals surface area contributed by atoms with Gasteiger partial charge in [-0.25, -0.2) is 0 Å². The Morgan fingerprint density at radius 2 is 1.92 bits per heavy atom. The molecule has 13 heavy (non-hydrogen) atoms. The molecule has 2 rings (SSSR count). The first-order valence-corrected chi connectivity index (χ1v) is 5.71. The van der Waals surface area contributed by atoms with Gasteiger partial charge in [0.1, 0.15) is 0 Å². The van der Waals surface area contributed by atoms with Crippen molar-refractivity contribution < 1.29 is 0 Å². The quantitative estimate of drug-likeness (QED) is 0.491. The average Bonchev–Trinajstić information content (AvgIpc) is 2.01. The highest BCUT2D eigenvalue weighted by Gasteiger charge is 2.43.